The van der Waals surface area contributed by atoms with Crippen LogP contribution in [0.5, 0.6) is 5.75 Å². The molecule has 2 aromatic carbocycles. The first-order valence-electron chi connectivity index (χ1n) is 9.80. The molecule has 1 aromatic heterocycles. The van der Waals surface area contributed by atoms with E-state index in [0.717, 1.165) is 57.4 Å². The zero-order valence-corrected chi connectivity index (χ0v) is 16.9. The first kappa shape index (κ1) is 18.5. The van der Waals surface area contributed by atoms with Gasteiger partial charge in [0, 0.05) is 17.0 Å². The molecular formula is C24H26N2O2. The van der Waals surface area contributed by atoms with E-state index >= 15 is 0 Å². The third-order valence-electron chi connectivity index (χ3n) is 5.62. The number of hydrogen-bond acceptors (Lipinski definition) is 3. The lowest BCUT2D eigenvalue weighted by Gasteiger charge is -2.14. The number of carbonyl (C=O) groups excluding carboxylic acids is 1. The van der Waals surface area contributed by atoms with Crippen LogP contribution in [-0.2, 0) is 11.2 Å². The highest BCUT2D eigenvalue weighted by Crippen LogP contribution is 2.32. The van der Waals surface area contributed by atoms with E-state index < -0.39 is 0 Å². The zero-order chi connectivity index (χ0) is 19.8. The van der Waals surface area contributed by atoms with Gasteiger partial charge in [-0.25, -0.2) is 4.98 Å². The van der Waals surface area contributed by atoms with Gasteiger partial charge in [0.15, 0.2) is 0 Å². The second-order valence-corrected chi connectivity index (χ2v) is 7.76. The van der Waals surface area contributed by atoms with Gasteiger partial charge in [0.1, 0.15) is 5.75 Å². The number of methoxy groups -OCH3 is 1. The summed E-state index contributed by atoms with van der Waals surface area (Å²) in [6, 6.07) is 12.7. The van der Waals surface area contributed by atoms with E-state index in [2.05, 4.69) is 44.3 Å². The van der Waals surface area contributed by atoms with Crippen molar-refractivity contribution in [2.45, 2.75) is 46.1 Å². The smallest absolute Gasteiger partial charge is 0.224 e. The predicted octanol–water partition coefficient (Wildman–Crippen LogP) is 4.66. The van der Waals surface area contributed by atoms with Gasteiger partial charge in [-0.3, -0.25) is 4.79 Å². The molecule has 1 aliphatic rings. The van der Waals surface area contributed by atoms with Gasteiger partial charge < -0.3 is 10.1 Å². The largest absolute Gasteiger partial charge is 0.496 e. The van der Waals surface area contributed by atoms with E-state index in [1.807, 2.05) is 18.2 Å². The maximum absolute atomic E-state index is 12.1. The quantitative estimate of drug-likeness (QED) is 0.707. The summed E-state index contributed by atoms with van der Waals surface area (Å²) in [4.78, 5) is 17.0. The molecular weight excluding hydrogens is 348 g/mol. The number of hydrogen-bond donors (Lipinski definition) is 1. The summed E-state index contributed by atoms with van der Waals surface area (Å²) >= 11 is 0. The maximum atomic E-state index is 12.1. The Morgan fingerprint density at radius 1 is 1.11 bits per heavy atom. The molecule has 0 spiro atoms. The van der Waals surface area contributed by atoms with Gasteiger partial charge in [-0.1, -0.05) is 6.07 Å². The number of nitrogens with one attached hydrogen (secondary N) is 1. The van der Waals surface area contributed by atoms with E-state index in [0.29, 0.717) is 12.5 Å². The molecule has 144 valence electrons. The standard InChI is InChI=1S/C24H26N2O2/c1-14-11-22(19-8-10-23(28-4)16(3)15(19)2)26-21-9-5-17(12-20(14)21)13-24(27)25-18-6-7-18/h5,8-12,18H,6-7,13H2,1-4H3,(H,25,27). The fraction of sp³-hybridized carbons (Fsp3) is 0.333. The fourth-order valence-electron chi connectivity index (χ4n) is 3.68. The molecule has 0 unspecified atom stereocenters. The van der Waals surface area contributed by atoms with E-state index in [4.69, 9.17) is 9.72 Å². The van der Waals surface area contributed by atoms with Crippen LogP contribution < -0.4 is 10.1 Å². The number of nitrogens with zero attached hydrogens (tertiary/aromatic N) is 1. The first-order chi connectivity index (χ1) is 13.5. The number of pyridine rings is 1. The van der Waals surface area contributed by atoms with Crippen LogP contribution in [0.3, 0.4) is 0 Å². The summed E-state index contributed by atoms with van der Waals surface area (Å²) in [7, 11) is 1.70. The molecule has 1 aliphatic carbocycles. The molecule has 1 N–H and O–H groups in total. The molecule has 0 radical (unpaired) electrons. The molecule has 1 amide bonds. The lowest BCUT2D eigenvalue weighted by molar-refractivity contribution is -0.120. The number of carbonyl (C=O) groups is 1. The van der Waals surface area contributed by atoms with Gasteiger partial charge in [0.2, 0.25) is 5.91 Å². The average Bonchev–Trinajstić information content (AvgIpc) is 3.48. The molecule has 0 atom stereocenters. The van der Waals surface area contributed by atoms with Gasteiger partial charge in [0.05, 0.1) is 24.7 Å². The van der Waals surface area contributed by atoms with Gasteiger partial charge in [0.25, 0.3) is 0 Å². The summed E-state index contributed by atoms with van der Waals surface area (Å²) in [5, 5.41) is 4.15. The number of rotatable bonds is 5. The van der Waals surface area contributed by atoms with Crippen molar-refractivity contribution in [3.05, 3.63) is 58.7 Å². The molecule has 28 heavy (non-hydrogen) atoms. The third kappa shape index (κ3) is 3.59. The number of aryl methyl sites for hydroxylation is 1. The van der Waals surface area contributed by atoms with Crippen LogP contribution in [0.4, 0.5) is 0 Å². The minimum atomic E-state index is 0.105. The third-order valence-corrected chi connectivity index (χ3v) is 5.62. The van der Waals surface area contributed by atoms with Crippen molar-refractivity contribution < 1.29 is 9.53 Å². The van der Waals surface area contributed by atoms with Crippen LogP contribution in [0.2, 0.25) is 0 Å². The Bertz CT molecular complexity index is 1070. The Balaban J connectivity index is 1.68. The highest BCUT2D eigenvalue weighted by atomic mass is 16.5. The Kier molecular flexibility index (Phi) is 4.80. The van der Waals surface area contributed by atoms with Crippen molar-refractivity contribution in [1.29, 1.82) is 0 Å². The second-order valence-electron chi connectivity index (χ2n) is 7.76. The molecule has 4 rings (SSSR count). The molecule has 1 saturated carbocycles. The molecule has 4 nitrogen and oxygen atoms in total. The maximum Gasteiger partial charge on any atom is 0.224 e. The van der Waals surface area contributed by atoms with Gasteiger partial charge in [-0.15, -0.1) is 0 Å². The molecule has 0 aliphatic heterocycles. The summed E-state index contributed by atoms with van der Waals surface area (Å²) in [6.07, 6.45) is 2.64. The average molecular weight is 374 g/mol. The van der Waals surface area contributed by atoms with Crippen molar-refractivity contribution in [2.75, 3.05) is 7.11 Å². The lowest BCUT2D eigenvalue weighted by Crippen LogP contribution is -2.26. The SMILES string of the molecule is COc1ccc(-c2cc(C)c3cc(CC(=O)NC4CC4)ccc3n2)c(C)c1C. The van der Waals surface area contributed by atoms with Crippen LogP contribution in [0.25, 0.3) is 22.2 Å². The summed E-state index contributed by atoms with van der Waals surface area (Å²) < 4.78 is 5.43. The zero-order valence-electron chi connectivity index (χ0n) is 16.9. The van der Waals surface area contributed by atoms with Crippen LogP contribution in [0, 0.1) is 20.8 Å². The Labute approximate surface area is 165 Å². The summed E-state index contributed by atoms with van der Waals surface area (Å²) in [6.45, 7) is 6.29. The normalized spacial score (nSPS) is 13.6. The number of amides is 1. The number of benzene rings is 2. The van der Waals surface area contributed by atoms with Gasteiger partial charge in [-0.2, -0.15) is 0 Å². The number of ether oxygens (including phenoxy) is 1. The first-order valence-corrected chi connectivity index (χ1v) is 9.80. The highest BCUT2D eigenvalue weighted by Gasteiger charge is 2.23. The van der Waals surface area contributed by atoms with Crippen LogP contribution >= 0.6 is 0 Å². The topological polar surface area (TPSA) is 51.2 Å². The van der Waals surface area contributed by atoms with Crippen molar-refractivity contribution in [1.82, 2.24) is 10.3 Å². The highest BCUT2D eigenvalue weighted by molar-refractivity contribution is 5.87. The van der Waals surface area contributed by atoms with Crippen LogP contribution in [-0.4, -0.2) is 24.0 Å². The monoisotopic (exact) mass is 374 g/mol. The van der Waals surface area contributed by atoms with Crippen molar-refractivity contribution in [2.24, 2.45) is 0 Å². The van der Waals surface area contributed by atoms with E-state index in [1.165, 1.54) is 5.56 Å². The summed E-state index contributed by atoms with van der Waals surface area (Å²) in [5.74, 6) is 1.00. The Morgan fingerprint density at radius 2 is 1.89 bits per heavy atom. The Hall–Kier alpha value is -2.88. The number of fused-ring (bicyclic) bond motifs is 1. The van der Waals surface area contributed by atoms with Gasteiger partial charge in [-0.05, 0) is 86.2 Å². The lowest BCUT2D eigenvalue weighted by atomic mass is 9.97. The molecule has 0 saturated heterocycles. The van der Waals surface area contributed by atoms with E-state index in [9.17, 15) is 4.79 Å². The molecule has 1 fully saturated rings. The summed E-state index contributed by atoms with van der Waals surface area (Å²) in [5.41, 5.74) is 7.55. The Morgan fingerprint density at radius 3 is 2.61 bits per heavy atom. The molecule has 1 heterocycles. The molecule has 3 aromatic rings. The predicted molar refractivity (Wildman–Crippen MR) is 113 cm³/mol. The minimum absolute atomic E-state index is 0.105. The van der Waals surface area contributed by atoms with E-state index in [1.54, 1.807) is 7.11 Å². The molecule has 0 bridgehead atoms. The minimum Gasteiger partial charge on any atom is -0.496 e. The second kappa shape index (κ2) is 7.27. The van der Waals surface area contributed by atoms with Crippen LogP contribution in [0.15, 0.2) is 36.4 Å². The fourth-order valence-corrected chi connectivity index (χ4v) is 3.68. The molecule has 4 heteroatoms. The van der Waals surface area contributed by atoms with Crippen molar-refractivity contribution >= 4 is 16.8 Å². The van der Waals surface area contributed by atoms with Crippen molar-refractivity contribution in [3.8, 4) is 17.0 Å². The number of aromatic nitrogens is 1. The van der Waals surface area contributed by atoms with Crippen LogP contribution in [0.1, 0.15) is 35.1 Å². The van der Waals surface area contributed by atoms with E-state index in [-0.39, 0.29) is 5.91 Å². The van der Waals surface area contributed by atoms with Crippen molar-refractivity contribution in [3.63, 3.8) is 0 Å². The van der Waals surface area contributed by atoms with Gasteiger partial charge >= 0.3 is 0 Å².